The zero-order valence-electron chi connectivity index (χ0n) is 21.9. The molecule has 1 aliphatic carbocycles. The molecule has 1 N–H and O–H groups in total. The Labute approximate surface area is 222 Å². The number of rotatable bonds is 6. The fraction of sp³-hybridized carbons (Fsp3) is 0.355. The minimum absolute atomic E-state index is 0.00346. The first kappa shape index (κ1) is 25.3. The number of thiophene rings is 1. The van der Waals surface area contributed by atoms with E-state index in [0.29, 0.717) is 16.5 Å². The second-order valence-electron chi connectivity index (χ2n) is 10.4. The van der Waals surface area contributed by atoms with Crippen molar-refractivity contribution in [1.29, 1.82) is 0 Å². The molecule has 37 heavy (non-hydrogen) atoms. The Hall–Kier alpha value is -3.38. The van der Waals surface area contributed by atoms with Gasteiger partial charge in [-0.15, -0.1) is 11.3 Å². The highest BCUT2D eigenvalue weighted by Gasteiger charge is 2.33. The number of aromatic nitrogens is 1. The number of ether oxygens (including phenoxy) is 1. The molecule has 5 nitrogen and oxygen atoms in total. The summed E-state index contributed by atoms with van der Waals surface area (Å²) in [4.78, 5) is 33.0. The number of benzene rings is 2. The summed E-state index contributed by atoms with van der Waals surface area (Å²) >= 11 is 1.39. The van der Waals surface area contributed by atoms with Crippen LogP contribution in [0.2, 0.25) is 0 Å². The van der Waals surface area contributed by atoms with Gasteiger partial charge in [-0.1, -0.05) is 43.3 Å². The van der Waals surface area contributed by atoms with E-state index in [1.165, 1.54) is 23.8 Å². The van der Waals surface area contributed by atoms with Crippen LogP contribution in [0, 0.1) is 11.8 Å². The van der Waals surface area contributed by atoms with E-state index in [9.17, 15) is 9.59 Å². The number of anilines is 1. The number of amides is 1. The smallest absolute Gasteiger partial charge is 0.350 e. The van der Waals surface area contributed by atoms with E-state index in [1.54, 1.807) is 0 Å². The van der Waals surface area contributed by atoms with E-state index >= 15 is 0 Å². The highest BCUT2D eigenvalue weighted by atomic mass is 32.1. The molecule has 0 radical (unpaired) electrons. The molecular formula is C31H34N2O3S. The number of nitrogens with zero attached hydrogens (tertiary/aromatic N) is 1. The summed E-state index contributed by atoms with van der Waals surface area (Å²) in [7, 11) is 1.39. The lowest BCUT2D eigenvalue weighted by molar-refractivity contribution is -0.123. The van der Waals surface area contributed by atoms with Crippen LogP contribution < -0.4 is 4.90 Å². The molecule has 5 rings (SSSR count). The van der Waals surface area contributed by atoms with Crippen molar-refractivity contribution in [2.45, 2.75) is 52.5 Å². The van der Waals surface area contributed by atoms with Gasteiger partial charge in [-0.05, 0) is 85.7 Å². The van der Waals surface area contributed by atoms with E-state index in [2.05, 4.69) is 60.4 Å². The predicted octanol–water partition coefficient (Wildman–Crippen LogP) is 7.92. The number of hydrogen-bond acceptors (Lipinski definition) is 4. The molecule has 4 aromatic rings. The highest BCUT2D eigenvalue weighted by Crippen LogP contribution is 2.40. The molecule has 0 bridgehead atoms. The Morgan fingerprint density at radius 3 is 2.30 bits per heavy atom. The van der Waals surface area contributed by atoms with Gasteiger partial charge in [0.2, 0.25) is 5.91 Å². The van der Waals surface area contributed by atoms with Gasteiger partial charge in [-0.3, -0.25) is 4.79 Å². The molecule has 0 spiro atoms. The quantitative estimate of drug-likeness (QED) is 0.266. The topological polar surface area (TPSA) is 62.4 Å². The zero-order valence-corrected chi connectivity index (χ0v) is 22.7. The molecule has 2 heterocycles. The molecule has 2 aromatic carbocycles. The van der Waals surface area contributed by atoms with Crippen molar-refractivity contribution in [1.82, 2.24) is 4.98 Å². The minimum atomic E-state index is -0.405. The molecule has 6 heteroatoms. The van der Waals surface area contributed by atoms with Crippen LogP contribution in [0.5, 0.6) is 0 Å². The number of H-pyrrole nitrogens is 1. The molecule has 0 saturated heterocycles. The second-order valence-corrected chi connectivity index (χ2v) is 11.5. The van der Waals surface area contributed by atoms with Crippen molar-refractivity contribution in [3.05, 3.63) is 65.7 Å². The number of fused-ring (bicyclic) bond motifs is 1. The van der Waals surface area contributed by atoms with Gasteiger partial charge in [-0.2, -0.15) is 0 Å². The molecule has 0 aliphatic heterocycles. The first-order valence-corrected chi connectivity index (χ1v) is 13.9. The Morgan fingerprint density at radius 2 is 1.62 bits per heavy atom. The van der Waals surface area contributed by atoms with Gasteiger partial charge in [0.1, 0.15) is 4.88 Å². The summed E-state index contributed by atoms with van der Waals surface area (Å²) in [5, 5.41) is 1.19. The standard InChI is InChI=1S/C31H34N2O3S/c1-19(2)33(30(34)24-7-5-20(3)6-8-24)27-18-28(37-29(27)31(35)36-4)23-12-9-21(10-13-23)25-14-11-22-15-16-32-26(22)17-25/h9-20,24,32H,5-8H2,1-4H3/t20-,24-. The van der Waals surface area contributed by atoms with Crippen molar-refractivity contribution < 1.29 is 14.3 Å². The SMILES string of the molecule is COC(=O)c1sc(-c2ccc(-c3ccc4cc[nH]c4c3)cc2)cc1N(C(=O)[C@H]1CC[C@H](C)CC1)C(C)C. The van der Waals surface area contributed by atoms with Crippen molar-refractivity contribution in [3.63, 3.8) is 0 Å². The first-order valence-electron chi connectivity index (χ1n) is 13.1. The van der Waals surface area contributed by atoms with Gasteiger partial charge in [-0.25, -0.2) is 4.79 Å². The van der Waals surface area contributed by atoms with Crippen molar-refractivity contribution in [2.24, 2.45) is 11.8 Å². The summed E-state index contributed by atoms with van der Waals surface area (Å²) in [5.41, 5.74) is 5.04. The van der Waals surface area contributed by atoms with Crippen molar-refractivity contribution in [2.75, 3.05) is 12.0 Å². The Kier molecular flexibility index (Phi) is 7.20. The third-order valence-corrected chi connectivity index (χ3v) is 8.67. The molecule has 2 aromatic heterocycles. The van der Waals surface area contributed by atoms with Crippen LogP contribution in [0.15, 0.2) is 60.8 Å². The summed E-state index contributed by atoms with van der Waals surface area (Å²) < 4.78 is 5.13. The van der Waals surface area contributed by atoms with E-state index < -0.39 is 5.97 Å². The molecule has 1 saturated carbocycles. The summed E-state index contributed by atoms with van der Waals surface area (Å²) in [6.45, 7) is 6.28. The Bertz CT molecular complexity index is 1410. The van der Waals surface area contributed by atoms with Crippen LogP contribution in [0.1, 0.15) is 56.1 Å². The van der Waals surface area contributed by atoms with E-state index in [1.807, 2.05) is 31.0 Å². The molecule has 0 unspecified atom stereocenters. The third-order valence-electron chi connectivity index (χ3n) is 7.52. The Morgan fingerprint density at radius 1 is 0.946 bits per heavy atom. The number of aromatic amines is 1. The monoisotopic (exact) mass is 514 g/mol. The van der Waals surface area contributed by atoms with Gasteiger partial charge in [0, 0.05) is 28.6 Å². The van der Waals surface area contributed by atoms with Gasteiger partial charge >= 0.3 is 5.97 Å². The van der Waals surface area contributed by atoms with Crippen LogP contribution >= 0.6 is 11.3 Å². The molecule has 192 valence electrons. The minimum Gasteiger partial charge on any atom is -0.465 e. The van der Waals surface area contributed by atoms with Gasteiger partial charge in [0.05, 0.1) is 12.8 Å². The maximum absolute atomic E-state index is 13.7. The normalized spacial score (nSPS) is 17.8. The Balaban J connectivity index is 1.47. The molecule has 1 amide bonds. The predicted molar refractivity (Wildman–Crippen MR) is 152 cm³/mol. The lowest BCUT2D eigenvalue weighted by atomic mass is 9.82. The number of methoxy groups -OCH3 is 1. The van der Waals surface area contributed by atoms with Crippen LogP contribution in [-0.4, -0.2) is 30.0 Å². The van der Waals surface area contributed by atoms with Crippen LogP contribution in [0.25, 0.3) is 32.5 Å². The van der Waals surface area contributed by atoms with Crippen LogP contribution in [0.3, 0.4) is 0 Å². The molecule has 1 aliphatic rings. The summed E-state index contributed by atoms with van der Waals surface area (Å²) in [5.74, 6) is 0.385. The molecular weight excluding hydrogens is 480 g/mol. The van der Waals surface area contributed by atoms with Crippen LogP contribution in [-0.2, 0) is 9.53 Å². The van der Waals surface area contributed by atoms with E-state index in [4.69, 9.17) is 4.74 Å². The third kappa shape index (κ3) is 5.08. The van der Waals surface area contributed by atoms with Crippen molar-refractivity contribution >= 4 is 39.8 Å². The average molecular weight is 515 g/mol. The first-order chi connectivity index (χ1) is 17.9. The van der Waals surface area contributed by atoms with Gasteiger partial charge in [0.25, 0.3) is 0 Å². The molecule has 1 fully saturated rings. The number of esters is 1. The number of nitrogens with one attached hydrogen (secondary N) is 1. The summed E-state index contributed by atoms with van der Waals surface area (Å²) in [6, 6.07) is 18.7. The maximum atomic E-state index is 13.7. The zero-order chi connectivity index (χ0) is 26.1. The van der Waals surface area contributed by atoms with E-state index in [0.717, 1.165) is 52.8 Å². The van der Waals surface area contributed by atoms with Gasteiger partial charge in [0.15, 0.2) is 0 Å². The van der Waals surface area contributed by atoms with Crippen LogP contribution in [0.4, 0.5) is 5.69 Å². The van der Waals surface area contributed by atoms with Crippen molar-refractivity contribution in [3.8, 4) is 21.6 Å². The summed E-state index contributed by atoms with van der Waals surface area (Å²) in [6.07, 6.45) is 5.91. The average Bonchev–Trinajstić information content (AvgIpc) is 3.56. The lowest BCUT2D eigenvalue weighted by Crippen LogP contribution is -2.42. The number of carbonyl (C=O) groups is 2. The van der Waals surface area contributed by atoms with E-state index in [-0.39, 0.29) is 17.9 Å². The maximum Gasteiger partial charge on any atom is 0.350 e. The number of carbonyl (C=O) groups excluding carboxylic acids is 2. The fourth-order valence-electron chi connectivity index (χ4n) is 5.35. The number of hydrogen-bond donors (Lipinski definition) is 1. The largest absolute Gasteiger partial charge is 0.465 e. The van der Waals surface area contributed by atoms with Gasteiger partial charge < -0.3 is 14.6 Å². The lowest BCUT2D eigenvalue weighted by Gasteiger charge is -2.33. The highest BCUT2D eigenvalue weighted by molar-refractivity contribution is 7.18. The fourth-order valence-corrected chi connectivity index (χ4v) is 6.42. The molecule has 0 atom stereocenters. The second kappa shape index (κ2) is 10.5.